The Morgan fingerprint density at radius 2 is 2.21 bits per heavy atom. The summed E-state index contributed by atoms with van der Waals surface area (Å²) in [6.45, 7) is 0.883. The van der Waals surface area contributed by atoms with Crippen molar-refractivity contribution in [3.05, 3.63) is 34.2 Å². The first kappa shape index (κ1) is 12.8. The minimum Gasteiger partial charge on any atom is -0.378 e. The summed E-state index contributed by atoms with van der Waals surface area (Å²) in [7, 11) is 0. The van der Waals surface area contributed by atoms with Crippen molar-refractivity contribution in [1.82, 2.24) is 9.97 Å². The summed E-state index contributed by atoms with van der Waals surface area (Å²) in [5.74, 6) is 0. The fourth-order valence-electron chi connectivity index (χ4n) is 2.62. The highest BCUT2D eigenvalue weighted by Gasteiger charge is 2.18. The van der Waals surface area contributed by atoms with Gasteiger partial charge < -0.3 is 14.7 Å². The van der Waals surface area contributed by atoms with E-state index in [-0.39, 0.29) is 11.1 Å². The van der Waals surface area contributed by atoms with Crippen LogP contribution in [0.15, 0.2) is 23.0 Å². The van der Waals surface area contributed by atoms with Crippen LogP contribution >= 0.6 is 11.6 Å². The molecule has 0 bridgehead atoms. The normalized spacial score (nSPS) is 21.0. The first-order chi connectivity index (χ1) is 9.22. The van der Waals surface area contributed by atoms with Gasteiger partial charge in [0.1, 0.15) is 0 Å². The predicted octanol–water partition coefficient (Wildman–Crippen LogP) is 3.10. The van der Waals surface area contributed by atoms with Gasteiger partial charge in [-0.25, -0.2) is 4.79 Å². The Kier molecular flexibility index (Phi) is 3.62. The number of aromatic amines is 2. The second kappa shape index (κ2) is 5.39. The standard InChI is InChI=1S/C14H17ClN2O2/c15-11(5-4-10-2-1-7-19-10)9-3-6-12-13(8-9)17-14(18)16-12/h3,6,8,10-11H,1-2,4-5,7H2,(H2,16,17,18). The molecule has 2 atom stereocenters. The van der Waals surface area contributed by atoms with Crippen molar-refractivity contribution >= 4 is 22.6 Å². The molecule has 0 spiro atoms. The van der Waals surface area contributed by atoms with Crippen LogP contribution in [0.3, 0.4) is 0 Å². The van der Waals surface area contributed by atoms with E-state index in [0.717, 1.165) is 48.9 Å². The smallest absolute Gasteiger partial charge is 0.323 e. The lowest BCUT2D eigenvalue weighted by Crippen LogP contribution is -2.06. The molecule has 2 unspecified atom stereocenters. The number of benzene rings is 1. The minimum atomic E-state index is -0.183. The van der Waals surface area contributed by atoms with Crippen LogP contribution in [-0.4, -0.2) is 22.7 Å². The molecule has 2 heterocycles. The Labute approximate surface area is 116 Å². The second-order valence-electron chi connectivity index (χ2n) is 5.06. The minimum absolute atomic E-state index is 0.0352. The number of nitrogens with one attached hydrogen (secondary N) is 2. The number of aromatic nitrogens is 2. The van der Waals surface area contributed by atoms with Crippen LogP contribution < -0.4 is 5.69 Å². The molecule has 102 valence electrons. The Morgan fingerprint density at radius 1 is 1.37 bits per heavy atom. The van der Waals surface area contributed by atoms with Crippen molar-refractivity contribution in [1.29, 1.82) is 0 Å². The Balaban J connectivity index is 1.69. The SMILES string of the molecule is O=c1[nH]c2ccc(C(Cl)CCC3CCCO3)cc2[nH]1. The molecular formula is C14H17ClN2O2. The zero-order valence-corrected chi connectivity index (χ0v) is 11.4. The number of H-pyrrole nitrogens is 2. The first-order valence-corrected chi connectivity index (χ1v) is 7.13. The number of hydrogen-bond donors (Lipinski definition) is 2. The molecule has 1 aromatic carbocycles. The zero-order chi connectivity index (χ0) is 13.2. The van der Waals surface area contributed by atoms with Crippen LogP contribution in [0.25, 0.3) is 11.0 Å². The lowest BCUT2D eigenvalue weighted by atomic mass is 10.0. The number of fused-ring (bicyclic) bond motifs is 1. The van der Waals surface area contributed by atoms with Gasteiger partial charge in [0.2, 0.25) is 0 Å². The highest BCUT2D eigenvalue weighted by molar-refractivity contribution is 6.20. The Morgan fingerprint density at radius 3 is 3.00 bits per heavy atom. The maximum atomic E-state index is 11.2. The van der Waals surface area contributed by atoms with E-state index >= 15 is 0 Å². The largest absolute Gasteiger partial charge is 0.378 e. The van der Waals surface area contributed by atoms with Crippen molar-refractivity contribution in [2.45, 2.75) is 37.2 Å². The highest BCUT2D eigenvalue weighted by atomic mass is 35.5. The summed E-state index contributed by atoms with van der Waals surface area (Å²) in [5, 5.41) is -0.0352. The molecule has 1 aliphatic heterocycles. The van der Waals surface area contributed by atoms with Gasteiger partial charge >= 0.3 is 5.69 Å². The fraction of sp³-hybridized carbons (Fsp3) is 0.500. The van der Waals surface area contributed by atoms with Gasteiger partial charge in [-0.2, -0.15) is 0 Å². The van der Waals surface area contributed by atoms with E-state index in [4.69, 9.17) is 16.3 Å². The van der Waals surface area contributed by atoms with Crippen molar-refractivity contribution in [2.24, 2.45) is 0 Å². The molecule has 4 nitrogen and oxygen atoms in total. The maximum absolute atomic E-state index is 11.2. The zero-order valence-electron chi connectivity index (χ0n) is 10.6. The summed E-state index contributed by atoms with van der Waals surface area (Å²) in [5.41, 5.74) is 2.49. The molecule has 1 saturated heterocycles. The van der Waals surface area contributed by atoms with E-state index in [1.54, 1.807) is 0 Å². The third kappa shape index (κ3) is 2.85. The molecule has 2 aromatic rings. The lowest BCUT2D eigenvalue weighted by molar-refractivity contribution is 0.102. The first-order valence-electron chi connectivity index (χ1n) is 6.70. The van der Waals surface area contributed by atoms with Crippen LogP contribution in [-0.2, 0) is 4.74 Å². The van der Waals surface area contributed by atoms with Gasteiger partial charge in [0.15, 0.2) is 0 Å². The molecule has 1 fully saturated rings. The molecule has 5 heteroatoms. The van der Waals surface area contributed by atoms with Gasteiger partial charge in [-0.1, -0.05) is 6.07 Å². The molecule has 0 radical (unpaired) electrons. The molecule has 0 aliphatic carbocycles. The topological polar surface area (TPSA) is 57.9 Å². The number of rotatable bonds is 4. The number of alkyl halides is 1. The van der Waals surface area contributed by atoms with Crippen molar-refractivity contribution in [3.8, 4) is 0 Å². The number of hydrogen-bond acceptors (Lipinski definition) is 2. The fourth-order valence-corrected chi connectivity index (χ4v) is 2.88. The molecule has 0 saturated carbocycles. The van der Waals surface area contributed by atoms with Gasteiger partial charge in [0.25, 0.3) is 0 Å². The number of imidazole rings is 1. The van der Waals surface area contributed by atoms with Gasteiger partial charge in [-0.3, -0.25) is 0 Å². The molecule has 2 N–H and O–H groups in total. The lowest BCUT2D eigenvalue weighted by Gasteiger charge is -2.13. The molecule has 0 amide bonds. The van der Waals surface area contributed by atoms with E-state index in [1.165, 1.54) is 0 Å². The monoisotopic (exact) mass is 280 g/mol. The van der Waals surface area contributed by atoms with Crippen LogP contribution in [0.4, 0.5) is 0 Å². The van der Waals surface area contributed by atoms with E-state index in [2.05, 4.69) is 9.97 Å². The second-order valence-corrected chi connectivity index (χ2v) is 5.59. The summed E-state index contributed by atoms with van der Waals surface area (Å²) < 4.78 is 5.60. The number of halogens is 1. The van der Waals surface area contributed by atoms with E-state index in [0.29, 0.717) is 6.10 Å². The Hall–Kier alpha value is -1.26. The molecular weight excluding hydrogens is 264 g/mol. The van der Waals surface area contributed by atoms with Gasteiger partial charge in [0.05, 0.1) is 22.5 Å². The van der Waals surface area contributed by atoms with Crippen molar-refractivity contribution < 1.29 is 4.74 Å². The van der Waals surface area contributed by atoms with Crippen LogP contribution in [0, 0.1) is 0 Å². The maximum Gasteiger partial charge on any atom is 0.323 e. The predicted molar refractivity (Wildman–Crippen MR) is 75.7 cm³/mol. The quantitative estimate of drug-likeness (QED) is 0.846. The van der Waals surface area contributed by atoms with E-state index in [1.807, 2.05) is 18.2 Å². The van der Waals surface area contributed by atoms with Gasteiger partial charge in [-0.05, 0) is 43.4 Å². The van der Waals surface area contributed by atoms with Crippen LogP contribution in [0.1, 0.15) is 36.6 Å². The van der Waals surface area contributed by atoms with Crippen LogP contribution in [0.5, 0.6) is 0 Å². The highest BCUT2D eigenvalue weighted by Crippen LogP contribution is 2.29. The molecule has 3 rings (SSSR count). The molecule has 1 aliphatic rings. The molecule has 1 aromatic heterocycles. The van der Waals surface area contributed by atoms with Gasteiger partial charge in [0, 0.05) is 6.61 Å². The average Bonchev–Trinajstić information content (AvgIpc) is 3.02. The molecule has 19 heavy (non-hydrogen) atoms. The van der Waals surface area contributed by atoms with E-state index in [9.17, 15) is 4.79 Å². The summed E-state index contributed by atoms with van der Waals surface area (Å²) in [6, 6.07) is 5.81. The third-order valence-corrected chi connectivity index (χ3v) is 4.14. The Bertz CT molecular complexity index is 613. The summed E-state index contributed by atoms with van der Waals surface area (Å²) >= 11 is 6.43. The average molecular weight is 281 g/mol. The third-order valence-electron chi connectivity index (χ3n) is 3.67. The summed E-state index contributed by atoms with van der Waals surface area (Å²) in [4.78, 5) is 16.7. The van der Waals surface area contributed by atoms with Crippen molar-refractivity contribution in [2.75, 3.05) is 6.61 Å². The van der Waals surface area contributed by atoms with Gasteiger partial charge in [-0.15, -0.1) is 11.6 Å². The van der Waals surface area contributed by atoms with E-state index < -0.39 is 0 Å². The van der Waals surface area contributed by atoms with Crippen molar-refractivity contribution in [3.63, 3.8) is 0 Å². The summed E-state index contributed by atoms with van der Waals surface area (Å²) in [6.07, 6.45) is 4.57. The number of ether oxygens (including phenoxy) is 1. The van der Waals surface area contributed by atoms with Crippen LogP contribution in [0.2, 0.25) is 0 Å².